The van der Waals surface area contributed by atoms with Crippen LogP contribution in [0.2, 0.25) is 0 Å². The first-order valence-electron chi connectivity index (χ1n) is 8.93. The number of aliphatic hydroxyl groups excluding tert-OH is 1. The van der Waals surface area contributed by atoms with E-state index in [0.717, 1.165) is 24.2 Å². The van der Waals surface area contributed by atoms with Crippen LogP contribution in [0.3, 0.4) is 0 Å². The highest BCUT2D eigenvalue weighted by molar-refractivity contribution is 5.85. The third-order valence-corrected chi connectivity index (χ3v) is 4.26. The highest BCUT2D eigenvalue weighted by Gasteiger charge is 2.12. The highest BCUT2D eigenvalue weighted by atomic mass is 35.5. The quantitative estimate of drug-likeness (QED) is 0.595. The number of benzene rings is 2. The largest absolute Gasteiger partial charge is 0.491 e. The maximum atomic E-state index is 10.3. The first-order valence-corrected chi connectivity index (χ1v) is 8.93. The van der Waals surface area contributed by atoms with Crippen LogP contribution in [0, 0.1) is 6.92 Å². The molecule has 2 N–H and O–H groups in total. The zero-order chi connectivity index (χ0) is 18.1. The van der Waals surface area contributed by atoms with Crippen molar-refractivity contribution in [1.82, 2.24) is 5.32 Å². The van der Waals surface area contributed by atoms with Gasteiger partial charge in [0.05, 0.1) is 0 Å². The molecule has 0 bridgehead atoms. The first kappa shape index (κ1) is 22.2. The number of aliphatic hydroxyl groups is 1. The van der Waals surface area contributed by atoms with Gasteiger partial charge in [0.15, 0.2) is 0 Å². The third kappa shape index (κ3) is 6.83. The molecule has 4 heteroatoms. The van der Waals surface area contributed by atoms with Gasteiger partial charge in [0, 0.05) is 12.6 Å². The summed E-state index contributed by atoms with van der Waals surface area (Å²) in [6.07, 6.45) is 3.03. The van der Waals surface area contributed by atoms with Crippen molar-refractivity contribution in [3.05, 3.63) is 77.9 Å². The van der Waals surface area contributed by atoms with Gasteiger partial charge in [-0.3, -0.25) is 0 Å². The summed E-state index contributed by atoms with van der Waals surface area (Å²) in [5.74, 6) is 0.812. The van der Waals surface area contributed by atoms with Crippen molar-refractivity contribution in [3.63, 3.8) is 0 Å². The van der Waals surface area contributed by atoms with Gasteiger partial charge in [-0.25, -0.2) is 0 Å². The molecule has 3 nitrogen and oxygen atoms in total. The molecular formula is C22H30ClNO2. The molecule has 0 saturated carbocycles. The third-order valence-electron chi connectivity index (χ3n) is 4.26. The van der Waals surface area contributed by atoms with E-state index in [4.69, 9.17) is 4.74 Å². The zero-order valence-electron chi connectivity index (χ0n) is 15.7. The zero-order valence-corrected chi connectivity index (χ0v) is 16.5. The number of halogens is 1. The van der Waals surface area contributed by atoms with Gasteiger partial charge in [0.2, 0.25) is 0 Å². The van der Waals surface area contributed by atoms with E-state index in [9.17, 15) is 5.11 Å². The average molecular weight is 376 g/mol. The molecule has 0 radical (unpaired) electrons. The molecule has 2 aromatic carbocycles. The highest BCUT2D eigenvalue weighted by Crippen LogP contribution is 2.19. The number of aryl methyl sites for hydroxylation is 1. The second kappa shape index (κ2) is 11.7. The number of nitrogens with one attached hydrogen (secondary N) is 1. The number of hydrogen-bond acceptors (Lipinski definition) is 3. The van der Waals surface area contributed by atoms with Gasteiger partial charge < -0.3 is 15.2 Å². The summed E-state index contributed by atoms with van der Waals surface area (Å²) in [4.78, 5) is 0. The lowest BCUT2D eigenvalue weighted by Gasteiger charge is -2.21. The lowest BCUT2D eigenvalue weighted by atomic mass is 10.0. The van der Waals surface area contributed by atoms with Crippen LogP contribution in [-0.4, -0.2) is 24.4 Å². The minimum absolute atomic E-state index is 0. The minimum atomic E-state index is -0.559. The Morgan fingerprint density at radius 2 is 1.85 bits per heavy atom. The first-order chi connectivity index (χ1) is 12.1. The van der Waals surface area contributed by atoms with Crippen molar-refractivity contribution in [2.45, 2.75) is 38.8 Å². The van der Waals surface area contributed by atoms with Gasteiger partial charge in [0.25, 0.3) is 0 Å². The van der Waals surface area contributed by atoms with Crippen LogP contribution in [0.5, 0.6) is 5.75 Å². The van der Waals surface area contributed by atoms with E-state index in [0.29, 0.717) is 6.54 Å². The summed E-state index contributed by atoms with van der Waals surface area (Å²) in [6, 6.07) is 16.6. The van der Waals surface area contributed by atoms with Crippen LogP contribution in [0.1, 0.15) is 36.1 Å². The Morgan fingerprint density at radius 3 is 2.50 bits per heavy atom. The Kier molecular flexibility index (Phi) is 10.0. The van der Waals surface area contributed by atoms with Gasteiger partial charge >= 0.3 is 0 Å². The fraction of sp³-hybridized carbons (Fsp3) is 0.364. The molecule has 2 aromatic rings. The van der Waals surface area contributed by atoms with Crippen LogP contribution >= 0.6 is 12.4 Å². The number of para-hydroxylation sites is 1. The van der Waals surface area contributed by atoms with E-state index in [1.54, 1.807) is 0 Å². The number of rotatable bonds is 10. The van der Waals surface area contributed by atoms with Crippen LogP contribution in [0.25, 0.3) is 0 Å². The van der Waals surface area contributed by atoms with Crippen LogP contribution in [-0.2, 0) is 6.42 Å². The van der Waals surface area contributed by atoms with E-state index in [1.807, 2.05) is 30.3 Å². The predicted molar refractivity (Wildman–Crippen MR) is 111 cm³/mol. The molecule has 0 aliphatic rings. The fourth-order valence-electron chi connectivity index (χ4n) is 2.79. The summed E-state index contributed by atoms with van der Waals surface area (Å²) in [5.41, 5.74) is 3.59. The number of ether oxygens (including phenoxy) is 1. The smallest absolute Gasteiger partial charge is 0.122 e. The van der Waals surface area contributed by atoms with Crippen molar-refractivity contribution >= 4 is 12.4 Å². The summed E-state index contributed by atoms with van der Waals surface area (Å²) in [5, 5.41) is 13.7. The Labute approximate surface area is 163 Å². The molecule has 0 fully saturated rings. The Balaban J connectivity index is 0.00000338. The molecule has 0 aliphatic carbocycles. The van der Waals surface area contributed by atoms with Gasteiger partial charge in [-0.15, -0.1) is 19.0 Å². The van der Waals surface area contributed by atoms with Crippen LogP contribution in [0.15, 0.2) is 61.2 Å². The molecule has 0 aliphatic heterocycles. The molecular weight excluding hydrogens is 346 g/mol. The standard InChI is InChI=1S/C22H29NO2.ClH/c1-4-8-19-9-6-7-10-22(19)25-16-20(24)15-23-21(5-2)18-13-11-17(3)12-14-18;/h4,6-7,9-14,20-21,23-24H,1,5,8,15-16H2,2-3H3;1H. The molecule has 0 spiro atoms. The van der Waals surface area contributed by atoms with E-state index >= 15 is 0 Å². The minimum Gasteiger partial charge on any atom is -0.491 e. The lowest BCUT2D eigenvalue weighted by molar-refractivity contribution is 0.103. The molecule has 26 heavy (non-hydrogen) atoms. The summed E-state index contributed by atoms with van der Waals surface area (Å²) < 4.78 is 5.80. The van der Waals surface area contributed by atoms with Crippen molar-refractivity contribution in [3.8, 4) is 5.75 Å². The van der Waals surface area contributed by atoms with Crippen molar-refractivity contribution < 1.29 is 9.84 Å². The molecule has 0 amide bonds. The second-order valence-corrected chi connectivity index (χ2v) is 6.35. The monoisotopic (exact) mass is 375 g/mol. The molecule has 0 heterocycles. The Bertz CT molecular complexity index is 657. The van der Waals surface area contributed by atoms with E-state index in [1.165, 1.54) is 11.1 Å². The predicted octanol–water partition coefficient (Wildman–Crippen LogP) is 4.63. The van der Waals surface area contributed by atoms with Gasteiger partial charge in [0.1, 0.15) is 18.5 Å². The lowest BCUT2D eigenvalue weighted by Crippen LogP contribution is -2.33. The normalized spacial score (nSPS) is 12.7. The van der Waals surface area contributed by atoms with Crippen LogP contribution in [0.4, 0.5) is 0 Å². The average Bonchev–Trinajstić information content (AvgIpc) is 2.63. The molecule has 0 saturated heterocycles. The molecule has 2 unspecified atom stereocenters. The van der Waals surface area contributed by atoms with E-state index in [2.05, 4.69) is 50.0 Å². The maximum Gasteiger partial charge on any atom is 0.122 e. The van der Waals surface area contributed by atoms with Crippen LogP contribution < -0.4 is 10.1 Å². The number of hydrogen-bond donors (Lipinski definition) is 2. The summed E-state index contributed by atoms with van der Waals surface area (Å²) in [7, 11) is 0. The molecule has 2 rings (SSSR count). The van der Waals surface area contributed by atoms with Crippen molar-refractivity contribution in [1.29, 1.82) is 0 Å². The Morgan fingerprint density at radius 1 is 1.15 bits per heavy atom. The molecule has 0 aromatic heterocycles. The number of allylic oxidation sites excluding steroid dienone is 1. The van der Waals surface area contributed by atoms with Crippen molar-refractivity contribution in [2.75, 3.05) is 13.2 Å². The van der Waals surface area contributed by atoms with E-state index < -0.39 is 6.10 Å². The van der Waals surface area contributed by atoms with Crippen molar-refractivity contribution in [2.24, 2.45) is 0 Å². The second-order valence-electron chi connectivity index (χ2n) is 6.35. The van der Waals surface area contributed by atoms with Gasteiger partial charge in [-0.1, -0.05) is 61.0 Å². The van der Waals surface area contributed by atoms with Gasteiger partial charge in [-0.2, -0.15) is 0 Å². The Hall–Kier alpha value is -1.81. The van der Waals surface area contributed by atoms with Gasteiger partial charge in [-0.05, 0) is 37.0 Å². The maximum absolute atomic E-state index is 10.3. The SMILES string of the molecule is C=CCc1ccccc1OCC(O)CNC(CC)c1ccc(C)cc1.Cl. The molecule has 2 atom stereocenters. The molecule has 142 valence electrons. The fourth-order valence-corrected chi connectivity index (χ4v) is 2.79. The summed E-state index contributed by atoms with van der Waals surface area (Å²) in [6.45, 7) is 8.77. The topological polar surface area (TPSA) is 41.5 Å². The van der Waals surface area contributed by atoms with E-state index in [-0.39, 0.29) is 25.1 Å². The summed E-state index contributed by atoms with van der Waals surface area (Å²) >= 11 is 0.